The van der Waals surface area contributed by atoms with Gasteiger partial charge in [-0.05, 0) is 38.1 Å². The normalized spacial score (nSPS) is 11.8. The minimum Gasteiger partial charge on any atom is -0.489 e. The third kappa shape index (κ3) is 9.12. The fourth-order valence-corrected chi connectivity index (χ4v) is 2.52. The number of ether oxygens (including phenoxy) is 1. The Morgan fingerprint density at radius 1 is 1.10 bits per heavy atom. The second-order valence-electron chi connectivity index (χ2n) is 6.39. The third-order valence-electron chi connectivity index (χ3n) is 3.90. The first-order valence-corrected chi connectivity index (χ1v) is 9.19. The molecule has 0 radical (unpaired) electrons. The number of carbonyl (C=O) groups excluding carboxylic acids is 1. The zero-order valence-electron chi connectivity index (χ0n) is 16.9. The molecule has 0 saturated carbocycles. The molecule has 1 amide bonds. The van der Waals surface area contributed by atoms with Crippen molar-refractivity contribution in [2.45, 2.75) is 20.0 Å². The lowest BCUT2D eigenvalue weighted by Crippen LogP contribution is -2.44. The zero-order chi connectivity index (χ0) is 20.4. The Labute approximate surface area is 188 Å². The Morgan fingerprint density at radius 3 is 2.52 bits per heavy atom. The van der Waals surface area contributed by atoms with Gasteiger partial charge >= 0.3 is 0 Å². The molecule has 0 aliphatic carbocycles. The number of amides is 1. The van der Waals surface area contributed by atoms with Crippen LogP contribution in [0.15, 0.2) is 53.5 Å². The van der Waals surface area contributed by atoms with E-state index in [0.717, 1.165) is 5.56 Å². The number of nitrogens with zero attached hydrogens (tertiary/aromatic N) is 1. The summed E-state index contributed by atoms with van der Waals surface area (Å²) in [5.41, 5.74) is 1.69. The summed E-state index contributed by atoms with van der Waals surface area (Å²) < 4.78 is 18.9. The van der Waals surface area contributed by atoms with Gasteiger partial charge in [-0.2, -0.15) is 0 Å². The molecule has 3 N–H and O–H groups in total. The van der Waals surface area contributed by atoms with Crippen molar-refractivity contribution in [2.75, 3.05) is 26.7 Å². The van der Waals surface area contributed by atoms with Gasteiger partial charge in [-0.15, -0.1) is 24.0 Å². The van der Waals surface area contributed by atoms with Crippen molar-refractivity contribution >= 4 is 35.8 Å². The molecule has 0 fully saturated rings. The van der Waals surface area contributed by atoms with Gasteiger partial charge in [0.15, 0.2) is 5.96 Å². The predicted octanol–water partition coefficient (Wildman–Crippen LogP) is 3.11. The largest absolute Gasteiger partial charge is 0.489 e. The second kappa shape index (κ2) is 13.0. The lowest BCUT2D eigenvalue weighted by atomic mass is 10.1. The highest BCUT2D eigenvalue weighted by Crippen LogP contribution is 2.13. The van der Waals surface area contributed by atoms with Crippen LogP contribution in [0.2, 0.25) is 0 Å². The number of aliphatic imine (C=N–C) groups is 1. The summed E-state index contributed by atoms with van der Waals surface area (Å²) in [6, 6.07) is 13.5. The van der Waals surface area contributed by atoms with Crippen molar-refractivity contribution in [1.29, 1.82) is 0 Å². The molecule has 1 unspecified atom stereocenters. The minimum atomic E-state index is -0.331. The quantitative estimate of drug-likeness (QED) is 0.219. The highest BCUT2D eigenvalue weighted by Gasteiger charge is 2.07. The Kier molecular flexibility index (Phi) is 11.0. The zero-order valence-corrected chi connectivity index (χ0v) is 19.2. The van der Waals surface area contributed by atoms with Gasteiger partial charge < -0.3 is 20.7 Å². The van der Waals surface area contributed by atoms with Crippen molar-refractivity contribution in [3.63, 3.8) is 0 Å². The van der Waals surface area contributed by atoms with Gasteiger partial charge in [-0.3, -0.25) is 9.79 Å². The number of halogens is 2. The smallest absolute Gasteiger partial charge is 0.251 e. The van der Waals surface area contributed by atoms with Crippen LogP contribution in [-0.2, 0) is 0 Å². The van der Waals surface area contributed by atoms with E-state index in [1.54, 1.807) is 25.2 Å². The SMILES string of the molecule is CN=C(NCCNC(=O)c1cccc(C)c1)NCC(C)Oc1cccc(F)c1.I. The Bertz CT molecular complexity index is 817. The van der Waals surface area contributed by atoms with Gasteiger partial charge in [0.05, 0.1) is 6.54 Å². The molecule has 0 saturated heterocycles. The number of rotatable bonds is 8. The van der Waals surface area contributed by atoms with Crippen molar-refractivity contribution < 1.29 is 13.9 Å². The fraction of sp³-hybridized carbons (Fsp3) is 0.333. The number of aryl methyl sites for hydroxylation is 1. The molecule has 0 aromatic heterocycles. The van der Waals surface area contributed by atoms with E-state index < -0.39 is 0 Å². The molecule has 6 nitrogen and oxygen atoms in total. The van der Waals surface area contributed by atoms with Gasteiger partial charge in [0, 0.05) is 31.8 Å². The number of guanidine groups is 1. The highest BCUT2D eigenvalue weighted by atomic mass is 127. The van der Waals surface area contributed by atoms with Gasteiger partial charge in [0.25, 0.3) is 5.91 Å². The molecule has 0 aliphatic rings. The highest BCUT2D eigenvalue weighted by molar-refractivity contribution is 14.0. The van der Waals surface area contributed by atoms with E-state index in [0.29, 0.717) is 36.9 Å². The van der Waals surface area contributed by atoms with Crippen LogP contribution in [0.5, 0.6) is 5.75 Å². The van der Waals surface area contributed by atoms with Crippen LogP contribution >= 0.6 is 24.0 Å². The Morgan fingerprint density at radius 2 is 1.83 bits per heavy atom. The molecular weight excluding hydrogens is 486 g/mol. The summed E-state index contributed by atoms with van der Waals surface area (Å²) >= 11 is 0. The summed E-state index contributed by atoms with van der Waals surface area (Å²) in [7, 11) is 1.67. The van der Waals surface area contributed by atoms with Crippen molar-refractivity contribution in [3.05, 3.63) is 65.5 Å². The van der Waals surface area contributed by atoms with Crippen molar-refractivity contribution in [3.8, 4) is 5.75 Å². The Hall–Kier alpha value is -2.36. The summed E-state index contributed by atoms with van der Waals surface area (Å²) in [6.07, 6.45) is -0.179. The van der Waals surface area contributed by atoms with Gasteiger partial charge in [0.1, 0.15) is 17.7 Å². The monoisotopic (exact) mass is 514 g/mol. The van der Waals surface area contributed by atoms with Crippen LogP contribution in [0, 0.1) is 12.7 Å². The van der Waals surface area contributed by atoms with Crippen molar-refractivity contribution in [1.82, 2.24) is 16.0 Å². The lowest BCUT2D eigenvalue weighted by Gasteiger charge is -2.18. The molecule has 1 atom stereocenters. The van der Waals surface area contributed by atoms with E-state index in [2.05, 4.69) is 20.9 Å². The summed E-state index contributed by atoms with van der Waals surface area (Å²) in [6.45, 7) is 5.31. The topological polar surface area (TPSA) is 74.8 Å². The van der Waals surface area contributed by atoms with E-state index >= 15 is 0 Å². The van der Waals surface area contributed by atoms with Crippen molar-refractivity contribution in [2.24, 2.45) is 4.99 Å². The molecule has 29 heavy (non-hydrogen) atoms. The van der Waals surface area contributed by atoms with Gasteiger partial charge in [-0.25, -0.2) is 4.39 Å². The molecular formula is C21H28FIN4O2. The molecule has 0 bridgehead atoms. The van der Waals surface area contributed by atoms with Gasteiger partial charge in [0.2, 0.25) is 0 Å². The van der Waals surface area contributed by atoms with Crippen LogP contribution in [0.3, 0.4) is 0 Å². The summed E-state index contributed by atoms with van der Waals surface area (Å²) in [5.74, 6) is 0.643. The maximum atomic E-state index is 13.2. The van der Waals surface area contributed by atoms with E-state index in [1.807, 2.05) is 32.0 Å². The molecule has 0 aliphatic heterocycles. The number of hydrogen-bond donors (Lipinski definition) is 3. The summed E-state index contributed by atoms with van der Waals surface area (Å²) in [4.78, 5) is 16.2. The fourth-order valence-electron chi connectivity index (χ4n) is 2.52. The van der Waals surface area contributed by atoms with Crippen LogP contribution in [0.4, 0.5) is 4.39 Å². The molecule has 2 aromatic rings. The average molecular weight is 514 g/mol. The van der Waals surface area contributed by atoms with Crippen LogP contribution in [0.1, 0.15) is 22.8 Å². The van der Waals surface area contributed by atoms with E-state index in [1.165, 1.54) is 12.1 Å². The molecule has 0 spiro atoms. The van der Waals surface area contributed by atoms with E-state index in [4.69, 9.17) is 4.74 Å². The second-order valence-corrected chi connectivity index (χ2v) is 6.39. The first-order valence-electron chi connectivity index (χ1n) is 9.19. The first kappa shape index (κ1) is 24.7. The standard InChI is InChI=1S/C21H27FN4O2.HI/c1-15-6-4-7-17(12-15)20(27)24-10-11-25-21(23-3)26-14-16(2)28-19-9-5-8-18(22)13-19;/h4-9,12-13,16H,10-11,14H2,1-3H3,(H,24,27)(H2,23,25,26);1H. The summed E-state index contributed by atoms with van der Waals surface area (Å²) in [5, 5.41) is 9.13. The Balaban J connectivity index is 0.00000420. The number of hydrogen-bond acceptors (Lipinski definition) is 3. The molecule has 2 rings (SSSR count). The lowest BCUT2D eigenvalue weighted by molar-refractivity contribution is 0.0954. The number of carbonyl (C=O) groups is 1. The molecule has 8 heteroatoms. The molecule has 158 valence electrons. The van der Waals surface area contributed by atoms with Crippen LogP contribution in [-0.4, -0.2) is 44.7 Å². The maximum Gasteiger partial charge on any atom is 0.251 e. The third-order valence-corrected chi connectivity index (χ3v) is 3.90. The maximum absolute atomic E-state index is 13.2. The molecule has 2 aromatic carbocycles. The average Bonchev–Trinajstić information content (AvgIpc) is 2.67. The minimum absolute atomic E-state index is 0. The van der Waals surface area contributed by atoms with E-state index in [9.17, 15) is 9.18 Å². The van der Waals surface area contributed by atoms with Crippen LogP contribution < -0.4 is 20.7 Å². The van der Waals surface area contributed by atoms with E-state index in [-0.39, 0.29) is 41.8 Å². The number of nitrogens with one attached hydrogen (secondary N) is 3. The van der Waals surface area contributed by atoms with Crippen LogP contribution in [0.25, 0.3) is 0 Å². The predicted molar refractivity (Wildman–Crippen MR) is 125 cm³/mol. The first-order chi connectivity index (χ1) is 13.5. The number of benzene rings is 2. The molecule has 0 heterocycles. The van der Waals surface area contributed by atoms with Gasteiger partial charge in [-0.1, -0.05) is 23.8 Å².